The number of carbonyl (C=O) groups excluding carboxylic acids is 1. The molecule has 3 heteroatoms. The van der Waals surface area contributed by atoms with Gasteiger partial charge in [0.1, 0.15) is 6.10 Å². The lowest BCUT2D eigenvalue weighted by Crippen LogP contribution is -2.34. The Morgan fingerprint density at radius 2 is 2.06 bits per heavy atom. The first-order valence-electron chi connectivity index (χ1n) is 5.49. The van der Waals surface area contributed by atoms with E-state index >= 15 is 0 Å². The van der Waals surface area contributed by atoms with Gasteiger partial charge in [-0.3, -0.25) is 9.63 Å². The fraction of sp³-hybridized carbons (Fsp3) is 0.308. The summed E-state index contributed by atoms with van der Waals surface area (Å²) in [6.07, 6.45) is 5.06. The molecule has 0 aromatic heterocycles. The van der Waals surface area contributed by atoms with Crippen molar-refractivity contribution in [2.75, 3.05) is 0 Å². The minimum atomic E-state index is -0.0446. The van der Waals surface area contributed by atoms with Crippen LogP contribution in [0.4, 0.5) is 0 Å². The van der Waals surface area contributed by atoms with E-state index in [-0.39, 0.29) is 18.1 Å². The van der Waals surface area contributed by atoms with E-state index < -0.39 is 0 Å². The van der Waals surface area contributed by atoms with Crippen molar-refractivity contribution in [2.24, 2.45) is 0 Å². The van der Waals surface area contributed by atoms with Crippen LogP contribution in [0.15, 0.2) is 36.4 Å². The zero-order valence-corrected chi connectivity index (χ0v) is 9.09. The summed E-state index contributed by atoms with van der Waals surface area (Å²) in [4.78, 5) is 17.6. The Balaban J connectivity index is 1.83. The summed E-state index contributed by atoms with van der Waals surface area (Å²) < 4.78 is 0. The van der Waals surface area contributed by atoms with Gasteiger partial charge in [-0.05, 0) is 19.1 Å². The lowest BCUT2D eigenvalue weighted by Gasteiger charge is -2.22. The highest BCUT2D eigenvalue weighted by Crippen LogP contribution is 2.30. The SMILES string of the molecule is Cc1ccc(C(=O)N2O[C@H]3C=C[C@@H]2C3)cc1. The molecule has 1 aromatic rings. The van der Waals surface area contributed by atoms with Gasteiger partial charge in [-0.2, -0.15) is 0 Å². The van der Waals surface area contributed by atoms with E-state index in [1.165, 1.54) is 5.06 Å². The predicted octanol–water partition coefficient (Wildman–Crippen LogP) is 2.08. The van der Waals surface area contributed by atoms with Crippen LogP contribution in [0.3, 0.4) is 0 Å². The molecule has 0 saturated carbocycles. The van der Waals surface area contributed by atoms with Crippen LogP contribution in [0.5, 0.6) is 0 Å². The van der Waals surface area contributed by atoms with Crippen LogP contribution in [0, 0.1) is 6.92 Å². The minimum absolute atomic E-state index is 0.0446. The van der Waals surface area contributed by atoms with Gasteiger partial charge in [0.25, 0.3) is 5.91 Å². The number of amides is 1. The van der Waals surface area contributed by atoms with E-state index in [9.17, 15) is 4.79 Å². The molecular formula is C13H13NO2. The molecule has 82 valence electrons. The van der Waals surface area contributed by atoms with Crippen molar-refractivity contribution in [1.82, 2.24) is 5.06 Å². The number of hydroxylamine groups is 2. The molecule has 2 atom stereocenters. The first-order chi connectivity index (χ1) is 7.74. The van der Waals surface area contributed by atoms with Crippen LogP contribution in [-0.2, 0) is 4.84 Å². The third-order valence-electron chi connectivity index (χ3n) is 3.07. The second-order valence-corrected chi connectivity index (χ2v) is 4.33. The normalized spacial score (nSPS) is 26.4. The molecule has 3 nitrogen and oxygen atoms in total. The van der Waals surface area contributed by atoms with Gasteiger partial charge in [0.2, 0.25) is 0 Å². The number of rotatable bonds is 1. The Morgan fingerprint density at radius 1 is 1.31 bits per heavy atom. The maximum Gasteiger partial charge on any atom is 0.278 e. The summed E-state index contributed by atoms with van der Waals surface area (Å²) in [5, 5.41) is 1.50. The lowest BCUT2D eigenvalue weighted by molar-refractivity contribution is -0.114. The van der Waals surface area contributed by atoms with Gasteiger partial charge in [0.15, 0.2) is 0 Å². The summed E-state index contributed by atoms with van der Waals surface area (Å²) in [7, 11) is 0. The lowest BCUT2D eigenvalue weighted by atomic mass is 10.1. The number of fused-ring (bicyclic) bond motifs is 2. The Morgan fingerprint density at radius 3 is 2.62 bits per heavy atom. The van der Waals surface area contributed by atoms with Crippen molar-refractivity contribution < 1.29 is 9.63 Å². The number of nitrogens with zero attached hydrogens (tertiary/aromatic N) is 1. The van der Waals surface area contributed by atoms with Gasteiger partial charge in [0, 0.05) is 12.0 Å². The molecule has 3 rings (SSSR count). The van der Waals surface area contributed by atoms with Crippen molar-refractivity contribution in [3.63, 3.8) is 0 Å². The van der Waals surface area contributed by atoms with Gasteiger partial charge in [-0.25, -0.2) is 5.06 Å². The van der Waals surface area contributed by atoms with Crippen LogP contribution in [0.2, 0.25) is 0 Å². The molecule has 0 spiro atoms. The molecule has 1 heterocycles. The van der Waals surface area contributed by atoms with Crippen LogP contribution < -0.4 is 0 Å². The Bertz CT molecular complexity index is 450. The molecule has 2 aliphatic rings. The molecule has 1 amide bonds. The predicted molar refractivity (Wildman–Crippen MR) is 59.8 cm³/mol. The fourth-order valence-electron chi connectivity index (χ4n) is 2.15. The van der Waals surface area contributed by atoms with Gasteiger partial charge >= 0.3 is 0 Å². The highest BCUT2D eigenvalue weighted by atomic mass is 16.7. The standard InChI is InChI=1S/C13H13NO2/c1-9-2-4-10(5-3-9)13(15)14-11-6-7-12(8-11)16-14/h2-7,11-12H,8H2,1H3/t11-,12+/m1/s1. The van der Waals surface area contributed by atoms with Crippen LogP contribution in [0.1, 0.15) is 22.3 Å². The molecule has 1 saturated heterocycles. The van der Waals surface area contributed by atoms with Crippen molar-refractivity contribution >= 4 is 5.91 Å². The van der Waals surface area contributed by atoms with E-state index in [4.69, 9.17) is 4.84 Å². The summed E-state index contributed by atoms with van der Waals surface area (Å²) in [5.74, 6) is -0.0446. The highest BCUT2D eigenvalue weighted by Gasteiger charge is 2.38. The molecule has 1 fully saturated rings. The molecule has 2 bridgehead atoms. The molecule has 16 heavy (non-hydrogen) atoms. The van der Waals surface area contributed by atoms with Crippen molar-refractivity contribution in [2.45, 2.75) is 25.5 Å². The van der Waals surface area contributed by atoms with E-state index in [1.807, 2.05) is 43.3 Å². The molecule has 0 radical (unpaired) electrons. The van der Waals surface area contributed by atoms with Crippen LogP contribution >= 0.6 is 0 Å². The number of aryl methyl sites for hydroxylation is 1. The largest absolute Gasteiger partial charge is 0.278 e. The third-order valence-corrected chi connectivity index (χ3v) is 3.07. The van der Waals surface area contributed by atoms with Crippen molar-refractivity contribution in [3.05, 3.63) is 47.5 Å². The van der Waals surface area contributed by atoms with Gasteiger partial charge in [-0.1, -0.05) is 29.8 Å². The molecular weight excluding hydrogens is 202 g/mol. The molecule has 0 N–H and O–H groups in total. The monoisotopic (exact) mass is 215 g/mol. The first kappa shape index (κ1) is 9.60. The quantitative estimate of drug-likeness (QED) is 0.671. The summed E-state index contributed by atoms with van der Waals surface area (Å²) >= 11 is 0. The highest BCUT2D eigenvalue weighted by molar-refractivity contribution is 5.94. The summed E-state index contributed by atoms with van der Waals surface area (Å²) in [6.45, 7) is 2.01. The van der Waals surface area contributed by atoms with Gasteiger partial charge < -0.3 is 0 Å². The number of hydrogen-bond donors (Lipinski definition) is 0. The maximum atomic E-state index is 12.1. The second-order valence-electron chi connectivity index (χ2n) is 4.33. The number of hydrogen-bond acceptors (Lipinski definition) is 2. The first-order valence-corrected chi connectivity index (χ1v) is 5.49. The van der Waals surface area contributed by atoms with E-state index in [1.54, 1.807) is 0 Å². The maximum absolute atomic E-state index is 12.1. The van der Waals surface area contributed by atoms with E-state index in [0.29, 0.717) is 5.56 Å². The zero-order chi connectivity index (χ0) is 11.1. The second kappa shape index (κ2) is 3.46. The van der Waals surface area contributed by atoms with E-state index in [0.717, 1.165) is 12.0 Å². The molecule has 1 aliphatic carbocycles. The fourth-order valence-corrected chi connectivity index (χ4v) is 2.15. The minimum Gasteiger partial charge on any atom is -0.267 e. The summed E-state index contributed by atoms with van der Waals surface area (Å²) in [5.41, 5.74) is 1.84. The zero-order valence-electron chi connectivity index (χ0n) is 9.09. The number of carbonyl (C=O) groups is 1. The number of benzene rings is 1. The Hall–Kier alpha value is -1.61. The average Bonchev–Trinajstić information content (AvgIpc) is 2.91. The molecule has 1 aromatic carbocycles. The smallest absolute Gasteiger partial charge is 0.267 e. The van der Waals surface area contributed by atoms with Gasteiger partial charge in [0.05, 0.1) is 6.04 Å². The third kappa shape index (κ3) is 1.44. The Kier molecular flexibility index (Phi) is 2.07. The van der Waals surface area contributed by atoms with Crippen molar-refractivity contribution in [3.8, 4) is 0 Å². The van der Waals surface area contributed by atoms with Crippen LogP contribution in [0.25, 0.3) is 0 Å². The van der Waals surface area contributed by atoms with Crippen molar-refractivity contribution in [1.29, 1.82) is 0 Å². The topological polar surface area (TPSA) is 29.5 Å². The van der Waals surface area contributed by atoms with E-state index in [2.05, 4.69) is 0 Å². The molecule has 0 unspecified atom stereocenters. The average molecular weight is 215 g/mol. The molecule has 1 aliphatic heterocycles. The summed E-state index contributed by atoms with van der Waals surface area (Å²) in [6, 6.07) is 7.70. The van der Waals surface area contributed by atoms with Gasteiger partial charge in [-0.15, -0.1) is 0 Å². The van der Waals surface area contributed by atoms with Crippen LogP contribution in [-0.4, -0.2) is 23.1 Å². The Labute approximate surface area is 94.3 Å².